The van der Waals surface area contributed by atoms with Gasteiger partial charge in [-0.05, 0) is 36.8 Å². The SMILES string of the molecule is C[C@H](Nc1nccc(-n2cnc3cc(NCC4CNCCO4)ccc32)n1)c1ccccc1. The summed E-state index contributed by atoms with van der Waals surface area (Å²) in [5, 5.41) is 10.2. The summed E-state index contributed by atoms with van der Waals surface area (Å²) >= 11 is 0. The van der Waals surface area contributed by atoms with E-state index in [4.69, 9.17) is 9.72 Å². The predicted octanol–water partition coefficient (Wildman–Crippen LogP) is 3.39. The van der Waals surface area contributed by atoms with E-state index in [1.165, 1.54) is 5.56 Å². The summed E-state index contributed by atoms with van der Waals surface area (Å²) in [4.78, 5) is 13.7. The Balaban J connectivity index is 1.31. The number of rotatable bonds is 7. The zero-order chi connectivity index (χ0) is 21.8. The predicted molar refractivity (Wildman–Crippen MR) is 126 cm³/mol. The van der Waals surface area contributed by atoms with Crippen molar-refractivity contribution in [1.82, 2.24) is 24.8 Å². The minimum Gasteiger partial charge on any atom is -0.382 e. The topological polar surface area (TPSA) is 88.9 Å². The van der Waals surface area contributed by atoms with E-state index in [0.29, 0.717) is 5.95 Å². The van der Waals surface area contributed by atoms with Crippen LogP contribution < -0.4 is 16.0 Å². The van der Waals surface area contributed by atoms with Gasteiger partial charge in [-0.2, -0.15) is 4.98 Å². The molecule has 1 aliphatic rings. The van der Waals surface area contributed by atoms with Gasteiger partial charge < -0.3 is 20.7 Å². The van der Waals surface area contributed by atoms with Gasteiger partial charge in [0.25, 0.3) is 0 Å². The minimum absolute atomic E-state index is 0.1000. The van der Waals surface area contributed by atoms with Gasteiger partial charge in [-0.15, -0.1) is 0 Å². The minimum atomic E-state index is 0.1000. The van der Waals surface area contributed by atoms with Crippen molar-refractivity contribution in [3.05, 3.63) is 72.7 Å². The fourth-order valence-corrected chi connectivity index (χ4v) is 3.86. The van der Waals surface area contributed by atoms with Gasteiger partial charge in [0.1, 0.15) is 12.1 Å². The fraction of sp³-hybridized carbons (Fsp3) is 0.292. The second-order valence-electron chi connectivity index (χ2n) is 7.91. The lowest BCUT2D eigenvalue weighted by molar-refractivity contribution is 0.0372. The van der Waals surface area contributed by atoms with Gasteiger partial charge >= 0.3 is 0 Å². The van der Waals surface area contributed by atoms with Crippen molar-refractivity contribution in [2.24, 2.45) is 0 Å². The molecule has 2 aromatic heterocycles. The molecule has 164 valence electrons. The number of ether oxygens (including phenoxy) is 1. The summed E-state index contributed by atoms with van der Waals surface area (Å²) in [6.45, 7) is 5.42. The van der Waals surface area contributed by atoms with E-state index in [1.807, 2.05) is 28.8 Å². The Morgan fingerprint density at radius 1 is 1.16 bits per heavy atom. The molecule has 0 amide bonds. The van der Waals surface area contributed by atoms with E-state index in [-0.39, 0.29) is 12.1 Å². The number of imidazole rings is 1. The first-order chi connectivity index (χ1) is 15.8. The Kier molecular flexibility index (Phi) is 5.96. The molecule has 1 fully saturated rings. The Morgan fingerprint density at radius 2 is 2.06 bits per heavy atom. The number of morpholine rings is 1. The van der Waals surface area contributed by atoms with Gasteiger partial charge in [-0.3, -0.25) is 4.57 Å². The zero-order valence-corrected chi connectivity index (χ0v) is 18.0. The van der Waals surface area contributed by atoms with Gasteiger partial charge in [0.05, 0.1) is 29.8 Å². The molecule has 8 heteroatoms. The van der Waals surface area contributed by atoms with Crippen molar-refractivity contribution < 1.29 is 4.74 Å². The Bertz CT molecular complexity index is 1170. The summed E-state index contributed by atoms with van der Waals surface area (Å²) in [7, 11) is 0. The number of nitrogens with zero attached hydrogens (tertiary/aromatic N) is 4. The van der Waals surface area contributed by atoms with Crippen LogP contribution >= 0.6 is 0 Å². The van der Waals surface area contributed by atoms with Crippen LogP contribution in [0, 0.1) is 0 Å². The highest BCUT2D eigenvalue weighted by Crippen LogP contribution is 2.22. The highest BCUT2D eigenvalue weighted by molar-refractivity contribution is 5.81. The van der Waals surface area contributed by atoms with Crippen LogP contribution in [0.1, 0.15) is 18.5 Å². The third-order valence-electron chi connectivity index (χ3n) is 5.62. The molecule has 2 atom stereocenters. The smallest absolute Gasteiger partial charge is 0.225 e. The van der Waals surface area contributed by atoms with E-state index in [2.05, 4.69) is 63.2 Å². The third-order valence-corrected chi connectivity index (χ3v) is 5.62. The van der Waals surface area contributed by atoms with E-state index in [0.717, 1.165) is 48.8 Å². The number of hydrogen-bond donors (Lipinski definition) is 3. The number of aromatic nitrogens is 4. The quantitative estimate of drug-likeness (QED) is 0.415. The van der Waals surface area contributed by atoms with Crippen molar-refractivity contribution in [3.63, 3.8) is 0 Å². The summed E-state index contributed by atoms with van der Waals surface area (Å²) in [6.07, 6.45) is 3.75. The monoisotopic (exact) mass is 429 g/mol. The van der Waals surface area contributed by atoms with Crippen molar-refractivity contribution in [2.75, 3.05) is 36.9 Å². The van der Waals surface area contributed by atoms with Gasteiger partial charge in [0.15, 0.2) is 0 Å². The third kappa shape index (κ3) is 4.56. The van der Waals surface area contributed by atoms with Gasteiger partial charge in [0, 0.05) is 31.5 Å². The lowest BCUT2D eigenvalue weighted by Gasteiger charge is -2.24. The summed E-state index contributed by atoms with van der Waals surface area (Å²) < 4.78 is 7.73. The number of hydrogen-bond acceptors (Lipinski definition) is 7. The van der Waals surface area contributed by atoms with Crippen LogP contribution in [0.25, 0.3) is 16.9 Å². The van der Waals surface area contributed by atoms with Gasteiger partial charge in [-0.1, -0.05) is 30.3 Å². The van der Waals surface area contributed by atoms with Crippen molar-refractivity contribution in [1.29, 1.82) is 0 Å². The normalized spacial score (nSPS) is 17.2. The largest absolute Gasteiger partial charge is 0.382 e. The molecule has 1 unspecified atom stereocenters. The molecule has 3 heterocycles. The summed E-state index contributed by atoms with van der Waals surface area (Å²) in [5.41, 5.74) is 4.11. The van der Waals surface area contributed by atoms with Crippen LogP contribution in [0.2, 0.25) is 0 Å². The molecule has 8 nitrogen and oxygen atoms in total. The molecule has 5 rings (SSSR count). The fourth-order valence-electron chi connectivity index (χ4n) is 3.86. The van der Waals surface area contributed by atoms with Crippen LogP contribution in [-0.2, 0) is 4.74 Å². The van der Waals surface area contributed by atoms with Crippen LogP contribution in [0.3, 0.4) is 0 Å². The van der Waals surface area contributed by atoms with Crippen LogP contribution in [0.4, 0.5) is 11.6 Å². The van der Waals surface area contributed by atoms with E-state index in [1.54, 1.807) is 12.5 Å². The molecule has 0 saturated carbocycles. The molecule has 1 saturated heterocycles. The Morgan fingerprint density at radius 3 is 2.91 bits per heavy atom. The average Bonchev–Trinajstić information content (AvgIpc) is 3.27. The average molecular weight is 430 g/mol. The lowest BCUT2D eigenvalue weighted by Crippen LogP contribution is -2.42. The van der Waals surface area contributed by atoms with E-state index < -0.39 is 0 Å². The van der Waals surface area contributed by atoms with E-state index in [9.17, 15) is 0 Å². The lowest BCUT2D eigenvalue weighted by atomic mass is 10.1. The highest BCUT2D eigenvalue weighted by Gasteiger charge is 2.14. The van der Waals surface area contributed by atoms with Crippen molar-refractivity contribution in [3.8, 4) is 5.82 Å². The van der Waals surface area contributed by atoms with Crippen LogP contribution in [0.5, 0.6) is 0 Å². The molecule has 1 aliphatic heterocycles. The first kappa shape index (κ1) is 20.4. The Hall–Kier alpha value is -3.49. The van der Waals surface area contributed by atoms with Gasteiger partial charge in [0.2, 0.25) is 5.95 Å². The molecule has 0 radical (unpaired) electrons. The molecular formula is C24H27N7O. The second-order valence-corrected chi connectivity index (χ2v) is 7.91. The maximum atomic E-state index is 5.75. The molecule has 2 aromatic carbocycles. The van der Waals surface area contributed by atoms with E-state index >= 15 is 0 Å². The first-order valence-electron chi connectivity index (χ1n) is 10.9. The van der Waals surface area contributed by atoms with Crippen molar-refractivity contribution >= 4 is 22.7 Å². The maximum absolute atomic E-state index is 5.75. The maximum Gasteiger partial charge on any atom is 0.225 e. The second kappa shape index (κ2) is 9.33. The summed E-state index contributed by atoms with van der Waals surface area (Å²) in [6, 6.07) is 18.4. The summed E-state index contributed by atoms with van der Waals surface area (Å²) in [5.74, 6) is 1.35. The standard InChI is InChI=1S/C24H27N7O/c1-17(18-5-3-2-4-6-18)29-24-26-10-9-23(30-24)31-16-28-21-13-19(7-8-22(21)31)27-15-20-14-25-11-12-32-20/h2-10,13,16-17,20,25,27H,11-12,14-15H2,1H3,(H,26,29,30)/t17-,20?/m0/s1. The molecular weight excluding hydrogens is 402 g/mol. The van der Waals surface area contributed by atoms with Crippen LogP contribution in [0.15, 0.2) is 67.1 Å². The molecule has 0 spiro atoms. The van der Waals surface area contributed by atoms with Gasteiger partial charge in [-0.25, -0.2) is 9.97 Å². The van der Waals surface area contributed by atoms with Crippen molar-refractivity contribution in [2.45, 2.75) is 19.1 Å². The molecule has 0 bridgehead atoms. The zero-order valence-electron chi connectivity index (χ0n) is 18.0. The number of nitrogens with one attached hydrogen (secondary N) is 3. The molecule has 4 aromatic rings. The number of benzene rings is 2. The molecule has 3 N–H and O–H groups in total. The van der Waals surface area contributed by atoms with Crippen LogP contribution in [-0.4, -0.2) is 51.9 Å². The molecule has 0 aliphatic carbocycles. The Labute approximate surface area is 187 Å². The number of anilines is 2. The first-order valence-corrected chi connectivity index (χ1v) is 10.9. The molecule has 32 heavy (non-hydrogen) atoms. The number of fused-ring (bicyclic) bond motifs is 1. The highest BCUT2D eigenvalue weighted by atomic mass is 16.5.